The highest BCUT2D eigenvalue weighted by Crippen LogP contribution is 2.47. The van der Waals surface area contributed by atoms with Gasteiger partial charge in [-0.1, -0.05) is 84.0 Å². The first kappa shape index (κ1) is 15.3. The lowest BCUT2D eigenvalue weighted by atomic mass is 9.64. The molecule has 2 aromatic rings. The predicted octanol–water partition coefficient (Wildman–Crippen LogP) is 6.34. The summed E-state index contributed by atoms with van der Waals surface area (Å²) in [4.78, 5) is 0. The Hall–Kier alpha value is -1.56. The van der Waals surface area contributed by atoms with Crippen LogP contribution in [0.2, 0.25) is 0 Å². The Morgan fingerprint density at radius 1 is 0.773 bits per heavy atom. The van der Waals surface area contributed by atoms with Gasteiger partial charge >= 0.3 is 0 Å². The molecule has 0 saturated heterocycles. The topological polar surface area (TPSA) is 0 Å². The zero-order valence-corrected chi connectivity index (χ0v) is 14.8. The van der Waals surface area contributed by atoms with E-state index in [2.05, 4.69) is 84.0 Å². The molecule has 0 heteroatoms. The summed E-state index contributed by atoms with van der Waals surface area (Å²) in [5, 5.41) is 0. The highest BCUT2D eigenvalue weighted by molar-refractivity contribution is 5.67. The van der Waals surface area contributed by atoms with Crippen LogP contribution in [0.1, 0.15) is 64.2 Å². The van der Waals surface area contributed by atoms with Gasteiger partial charge in [-0.2, -0.15) is 0 Å². The Bertz CT molecular complexity index is 675. The fourth-order valence-corrected chi connectivity index (χ4v) is 3.44. The molecule has 2 aromatic carbocycles. The molecule has 0 amide bonds. The molecule has 1 aliphatic rings. The van der Waals surface area contributed by atoms with Crippen LogP contribution in [0.25, 0.3) is 11.1 Å². The molecule has 0 heterocycles. The van der Waals surface area contributed by atoms with Crippen molar-refractivity contribution in [3.8, 4) is 11.1 Å². The molecule has 1 atom stereocenters. The summed E-state index contributed by atoms with van der Waals surface area (Å²) in [6.45, 7) is 13.8. The molecule has 1 aliphatic carbocycles. The molecule has 22 heavy (non-hydrogen) atoms. The summed E-state index contributed by atoms with van der Waals surface area (Å²) >= 11 is 0. The zero-order chi connectivity index (χ0) is 16.1. The first-order valence-corrected chi connectivity index (χ1v) is 8.40. The predicted molar refractivity (Wildman–Crippen MR) is 96.5 cm³/mol. The maximum absolute atomic E-state index is 2.39. The number of fused-ring (bicyclic) bond motifs is 1. The molecule has 0 aliphatic heterocycles. The summed E-state index contributed by atoms with van der Waals surface area (Å²) in [7, 11) is 0. The number of benzene rings is 2. The van der Waals surface area contributed by atoms with Crippen LogP contribution in [0.15, 0.2) is 42.5 Å². The van der Waals surface area contributed by atoms with E-state index in [1.807, 2.05) is 0 Å². The van der Waals surface area contributed by atoms with Crippen molar-refractivity contribution in [3.05, 3.63) is 59.2 Å². The van der Waals surface area contributed by atoms with Crippen molar-refractivity contribution in [2.24, 2.45) is 5.41 Å². The highest BCUT2D eigenvalue weighted by atomic mass is 14.4. The molecule has 0 aromatic heterocycles. The number of hydrogen-bond acceptors (Lipinski definition) is 0. The molecule has 0 bridgehead atoms. The van der Waals surface area contributed by atoms with Gasteiger partial charge in [0.05, 0.1) is 0 Å². The van der Waals surface area contributed by atoms with E-state index in [1.54, 1.807) is 5.56 Å². The monoisotopic (exact) mass is 292 g/mol. The van der Waals surface area contributed by atoms with Gasteiger partial charge < -0.3 is 0 Å². The van der Waals surface area contributed by atoms with E-state index >= 15 is 0 Å². The number of hydrogen-bond donors (Lipinski definition) is 0. The minimum Gasteiger partial charge on any atom is -0.0596 e. The van der Waals surface area contributed by atoms with E-state index in [-0.39, 0.29) is 5.41 Å². The molecule has 0 fully saturated rings. The zero-order valence-electron chi connectivity index (χ0n) is 14.8. The average Bonchev–Trinajstić information content (AvgIpc) is 2.38. The SMILES string of the molecule is CC(C)(C)c1ccc(-c2ccc3c(c2)CC3C(C)(C)C)cc1. The van der Waals surface area contributed by atoms with Crippen LogP contribution in [0.4, 0.5) is 0 Å². The summed E-state index contributed by atoms with van der Waals surface area (Å²) < 4.78 is 0. The lowest BCUT2D eigenvalue weighted by molar-refractivity contribution is 0.291. The third-order valence-corrected chi connectivity index (χ3v) is 5.07. The minimum atomic E-state index is 0.221. The summed E-state index contributed by atoms with van der Waals surface area (Å²) in [6, 6.07) is 16.1. The molecule has 0 N–H and O–H groups in total. The third-order valence-electron chi connectivity index (χ3n) is 5.07. The van der Waals surface area contributed by atoms with Crippen molar-refractivity contribution in [3.63, 3.8) is 0 Å². The Morgan fingerprint density at radius 3 is 1.86 bits per heavy atom. The van der Waals surface area contributed by atoms with Gasteiger partial charge in [0, 0.05) is 0 Å². The standard InChI is InChI=1S/C22H28/c1-21(2,3)18-10-7-15(8-11-18)16-9-12-19-17(13-16)14-20(19)22(4,5)6/h7-13,20H,14H2,1-6H3. The summed E-state index contributed by atoms with van der Waals surface area (Å²) in [6.07, 6.45) is 1.23. The summed E-state index contributed by atoms with van der Waals surface area (Å²) in [5.74, 6) is 0.722. The lowest BCUT2D eigenvalue weighted by Crippen LogP contribution is -2.29. The van der Waals surface area contributed by atoms with Crippen molar-refractivity contribution < 1.29 is 0 Å². The molecular weight excluding hydrogens is 264 g/mol. The Balaban J connectivity index is 1.87. The maximum Gasteiger partial charge on any atom is -0.00699 e. The van der Waals surface area contributed by atoms with Crippen LogP contribution in [0, 0.1) is 5.41 Å². The molecular formula is C22H28. The van der Waals surface area contributed by atoms with Crippen LogP contribution in [-0.2, 0) is 11.8 Å². The van der Waals surface area contributed by atoms with Crippen molar-refractivity contribution in [1.82, 2.24) is 0 Å². The molecule has 0 saturated carbocycles. The third kappa shape index (κ3) is 2.72. The molecule has 3 rings (SSSR count). The van der Waals surface area contributed by atoms with Crippen molar-refractivity contribution in [1.29, 1.82) is 0 Å². The first-order chi connectivity index (χ1) is 10.2. The second-order valence-corrected chi connectivity index (χ2v) is 8.86. The van der Waals surface area contributed by atoms with E-state index in [0.717, 1.165) is 5.92 Å². The first-order valence-electron chi connectivity index (χ1n) is 8.40. The van der Waals surface area contributed by atoms with Gasteiger partial charge in [0.1, 0.15) is 0 Å². The smallest absolute Gasteiger partial charge is 0.00699 e. The second kappa shape index (κ2) is 4.98. The van der Waals surface area contributed by atoms with Crippen LogP contribution < -0.4 is 0 Å². The molecule has 0 radical (unpaired) electrons. The fraction of sp³-hybridized carbons (Fsp3) is 0.455. The van der Waals surface area contributed by atoms with E-state index in [0.29, 0.717) is 5.41 Å². The molecule has 1 unspecified atom stereocenters. The average molecular weight is 292 g/mol. The number of rotatable bonds is 1. The fourth-order valence-electron chi connectivity index (χ4n) is 3.44. The van der Waals surface area contributed by atoms with Gasteiger partial charge in [-0.3, -0.25) is 0 Å². The van der Waals surface area contributed by atoms with Crippen molar-refractivity contribution in [2.75, 3.05) is 0 Å². The Morgan fingerprint density at radius 2 is 1.36 bits per heavy atom. The van der Waals surface area contributed by atoms with Gasteiger partial charge in [0.25, 0.3) is 0 Å². The van der Waals surface area contributed by atoms with E-state index in [9.17, 15) is 0 Å². The molecule has 0 spiro atoms. The maximum atomic E-state index is 2.39. The van der Waals surface area contributed by atoms with Crippen LogP contribution in [0.5, 0.6) is 0 Å². The van der Waals surface area contributed by atoms with Gasteiger partial charge in [0.2, 0.25) is 0 Å². The summed E-state index contributed by atoms with van der Waals surface area (Å²) in [5.41, 5.74) is 7.77. The second-order valence-electron chi connectivity index (χ2n) is 8.86. The van der Waals surface area contributed by atoms with Crippen LogP contribution >= 0.6 is 0 Å². The minimum absolute atomic E-state index is 0.221. The highest BCUT2D eigenvalue weighted by Gasteiger charge is 2.35. The van der Waals surface area contributed by atoms with Gasteiger partial charge in [0.15, 0.2) is 0 Å². The van der Waals surface area contributed by atoms with Crippen molar-refractivity contribution >= 4 is 0 Å². The van der Waals surface area contributed by atoms with E-state index < -0.39 is 0 Å². The van der Waals surface area contributed by atoms with Crippen LogP contribution in [0.3, 0.4) is 0 Å². The van der Waals surface area contributed by atoms with Gasteiger partial charge in [-0.05, 0) is 51.0 Å². The Kier molecular flexibility index (Phi) is 3.47. The normalized spacial score (nSPS) is 17.8. The van der Waals surface area contributed by atoms with Gasteiger partial charge in [-0.25, -0.2) is 0 Å². The largest absolute Gasteiger partial charge is 0.0596 e. The Labute approximate surface area is 135 Å². The molecule has 116 valence electrons. The van der Waals surface area contributed by atoms with Crippen LogP contribution in [-0.4, -0.2) is 0 Å². The molecule has 0 nitrogen and oxygen atoms in total. The van der Waals surface area contributed by atoms with E-state index in [1.165, 1.54) is 28.7 Å². The quantitative estimate of drug-likeness (QED) is 0.575. The lowest BCUT2D eigenvalue weighted by Gasteiger charge is -2.40. The van der Waals surface area contributed by atoms with Crippen molar-refractivity contribution in [2.45, 2.75) is 59.3 Å². The van der Waals surface area contributed by atoms with Gasteiger partial charge in [-0.15, -0.1) is 0 Å². The van der Waals surface area contributed by atoms with E-state index in [4.69, 9.17) is 0 Å².